The highest BCUT2D eigenvalue weighted by Crippen LogP contribution is 2.17. The van der Waals surface area contributed by atoms with Gasteiger partial charge in [0, 0.05) is 36.8 Å². The number of hydrogen-bond donors (Lipinski definition) is 2. The van der Waals surface area contributed by atoms with E-state index in [2.05, 4.69) is 10.3 Å². The fourth-order valence-corrected chi connectivity index (χ4v) is 5.26. The molecule has 1 aromatic carbocycles. The van der Waals surface area contributed by atoms with Crippen molar-refractivity contribution in [2.24, 2.45) is 5.92 Å². The second-order valence-corrected chi connectivity index (χ2v) is 9.45. The van der Waals surface area contributed by atoms with Gasteiger partial charge < -0.3 is 10.3 Å². The van der Waals surface area contributed by atoms with Crippen molar-refractivity contribution in [1.29, 1.82) is 0 Å². The topological polar surface area (TPSA) is 82.3 Å². The van der Waals surface area contributed by atoms with Gasteiger partial charge in [-0.3, -0.25) is 4.79 Å². The van der Waals surface area contributed by atoms with Crippen molar-refractivity contribution in [3.63, 3.8) is 0 Å². The zero-order valence-corrected chi connectivity index (χ0v) is 16.2. The zero-order chi connectivity index (χ0) is 18.7. The first-order valence-electron chi connectivity index (χ1n) is 9.17. The molecule has 26 heavy (non-hydrogen) atoms. The van der Waals surface area contributed by atoms with Gasteiger partial charge in [0.05, 0.1) is 5.75 Å². The van der Waals surface area contributed by atoms with Crippen molar-refractivity contribution >= 4 is 20.9 Å². The number of benzene rings is 1. The molecule has 0 saturated carbocycles. The van der Waals surface area contributed by atoms with Gasteiger partial charge in [0.15, 0.2) is 0 Å². The van der Waals surface area contributed by atoms with Gasteiger partial charge in [-0.1, -0.05) is 32.0 Å². The quantitative estimate of drug-likeness (QED) is 0.807. The molecule has 0 spiro atoms. The molecule has 7 heteroatoms. The van der Waals surface area contributed by atoms with Gasteiger partial charge in [-0.2, -0.15) is 0 Å². The van der Waals surface area contributed by atoms with Crippen molar-refractivity contribution < 1.29 is 8.42 Å². The minimum absolute atomic E-state index is 0.0758. The molecular formula is C19H27N3O3S. The normalized spacial score (nSPS) is 17.2. The number of pyridine rings is 1. The Hall–Kier alpha value is -1.70. The molecule has 0 bridgehead atoms. The van der Waals surface area contributed by atoms with Crippen LogP contribution in [0.25, 0.3) is 10.9 Å². The van der Waals surface area contributed by atoms with Crippen LogP contribution < -0.4 is 10.9 Å². The molecule has 142 valence electrons. The summed E-state index contributed by atoms with van der Waals surface area (Å²) in [5.74, 6) is 0.341. The van der Waals surface area contributed by atoms with Gasteiger partial charge in [-0.05, 0) is 36.3 Å². The van der Waals surface area contributed by atoms with Crippen LogP contribution in [0.5, 0.6) is 0 Å². The van der Waals surface area contributed by atoms with Gasteiger partial charge in [0.25, 0.3) is 5.56 Å². The number of fused-ring (bicyclic) bond motifs is 1. The zero-order valence-electron chi connectivity index (χ0n) is 15.4. The van der Waals surface area contributed by atoms with Crippen molar-refractivity contribution in [1.82, 2.24) is 14.6 Å². The fourth-order valence-electron chi connectivity index (χ4n) is 3.44. The number of nitrogens with one attached hydrogen (secondary N) is 2. The minimum atomic E-state index is -3.15. The van der Waals surface area contributed by atoms with E-state index in [-0.39, 0.29) is 23.3 Å². The van der Waals surface area contributed by atoms with Crippen LogP contribution in [0.4, 0.5) is 0 Å². The second-order valence-electron chi connectivity index (χ2n) is 7.44. The van der Waals surface area contributed by atoms with Crippen LogP contribution in [0.15, 0.2) is 35.1 Å². The van der Waals surface area contributed by atoms with E-state index in [0.29, 0.717) is 25.2 Å². The highest BCUT2D eigenvalue weighted by Gasteiger charge is 2.28. The Kier molecular flexibility index (Phi) is 5.79. The summed E-state index contributed by atoms with van der Waals surface area (Å²) in [4.78, 5) is 15.1. The number of sulfonamides is 1. The second kappa shape index (κ2) is 7.90. The fraction of sp³-hybridized carbons (Fsp3) is 0.526. The van der Waals surface area contributed by atoms with E-state index < -0.39 is 10.0 Å². The van der Waals surface area contributed by atoms with E-state index in [9.17, 15) is 13.2 Å². The summed E-state index contributed by atoms with van der Waals surface area (Å²) < 4.78 is 26.2. The summed E-state index contributed by atoms with van der Waals surface area (Å²) in [5.41, 5.74) is 1.47. The predicted molar refractivity (Wildman–Crippen MR) is 105 cm³/mol. The largest absolute Gasteiger partial charge is 0.322 e. The Bertz CT molecular complexity index is 913. The van der Waals surface area contributed by atoms with E-state index >= 15 is 0 Å². The lowest BCUT2D eigenvalue weighted by Crippen LogP contribution is -2.46. The molecule has 2 aromatic rings. The number of rotatable bonds is 6. The van der Waals surface area contributed by atoms with Crippen molar-refractivity contribution in [3.05, 3.63) is 46.2 Å². The first-order chi connectivity index (χ1) is 12.3. The molecule has 6 nitrogen and oxygen atoms in total. The summed E-state index contributed by atoms with van der Waals surface area (Å²) in [6.07, 6.45) is 1.53. The lowest BCUT2D eigenvalue weighted by Gasteiger charge is -2.32. The number of nitrogens with zero attached hydrogens (tertiary/aromatic N) is 1. The molecule has 0 aliphatic carbocycles. The smallest absolute Gasteiger partial charge is 0.252 e. The van der Waals surface area contributed by atoms with E-state index in [1.807, 2.05) is 44.2 Å². The van der Waals surface area contributed by atoms with Crippen molar-refractivity contribution in [2.45, 2.75) is 39.3 Å². The SMILES string of the molecule is CC(C)CS(=O)(=O)N1CCC(NCc2cc3ccccc3[nH]c2=O)CC1. The molecule has 1 saturated heterocycles. The van der Waals surface area contributed by atoms with Crippen LogP contribution in [0.1, 0.15) is 32.3 Å². The lowest BCUT2D eigenvalue weighted by atomic mass is 10.1. The van der Waals surface area contributed by atoms with E-state index in [1.54, 1.807) is 4.31 Å². The molecular weight excluding hydrogens is 350 g/mol. The number of aromatic nitrogens is 1. The molecule has 0 unspecified atom stereocenters. The molecule has 0 amide bonds. The third kappa shape index (κ3) is 4.52. The van der Waals surface area contributed by atoms with Gasteiger partial charge in [0.1, 0.15) is 0 Å². The monoisotopic (exact) mass is 377 g/mol. The Morgan fingerprint density at radius 3 is 2.62 bits per heavy atom. The van der Waals surface area contributed by atoms with Crippen LogP contribution >= 0.6 is 0 Å². The average molecular weight is 378 g/mol. The Balaban J connectivity index is 1.57. The number of para-hydroxylation sites is 1. The van der Waals surface area contributed by atoms with E-state index in [4.69, 9.17) is 0 Å². The Morgan fingerprint density at radius 2 is 1.92 bits per heavy atom. The molecule has 0 radical (unpaired) electrons. The lowest BCUT2D eigenvalue weighted by molar-refractivity contribution is 0.287. The summed E-state index contributed by atoms with van der Waals surface area (Å²) >= 11 is 0. The average Bonchev–Trinajstić information content (AvgIpc) is 2.59. The minimum Gasteiger partial charge on any atom is -0.322 e. The first kappa shape index (κ1) is 19.1. The third-order valence-corrected chi connectivity index (χ3v) is 7.04. The maximum absolute atomic E-state index is 12.3. The Morgan fingerprint density at radius 1 is 1.23 bits per heavy atom. The van der Waals surface area contributed by atoms with E-state index in [1.165, 1.54) is 0 Å². The number of piperidine rings is 1. The van der Waals surface area contributed by atoms with Crippen molar-refractivity contribution in [2.75, 3.05) is 18.8 Å². The standard InChI is InChI=1S/C19H27N3O3S/c1-14(2)13-26(24,25)22-9-7-17(8-10-22)20-12-16-11-15-5-3-4-6-18(15)21-19(16)23/h3-6,11,14,17,20H,7-10,12-13H2,1-2H3,(H,21,23). The summed E-state index contributed by atoms with van der Waals surface area (Å²) in [6, 6.07) is 9.87. The van der Waals surface area contributed by atoms with Gasteiger partial charge in [-0.25, -0.2) is 12.7 Å². The number of hydrogen-bond acceptors (Lipinski definition) is 4. The van der Waals surface area contributed by atoms with Gasteiger partial charge >= 0.3 is 0 Å². The maximum atomic E-state index is 12.3. The van der Waals surface area contributed by atoms with Crippen LogP contribution in [0.3, 0.4) is 0 Å². The molecule has 2 heterocycles. The van der Waals surface area contributed by atoms with Crippen LogP contribution in [0.2, 0.25) is 0 Å². The number of H-pyrrole nitrogens is 1. The van der Waals surface area contributed by atoms with Gasteiger partial charge in [-0.15, -0.1) is 0 Å². The van der Waals surface area contributed by atoms with Gasteiger partial charge in [0.2, 0.25) is 10.0 Å². The summed E-state index contributed by atoms with van der Waals surface area (Å²) in [5, 5.41) is 4.43. The predicted octanol–water partition coefficient (Wildman–Crippen LogP) is 2.07. The molecule has 1 aliphatic rings. The van der Waals surface area contributed by atoms with E-state index in [0.717, 1.165) is 23.7 Å². The van der Waals surface area contributed by atoms with Crippen molar-refractivity contribution in [3.8, 4) is 0 Å². The van der Waals surface area contributed by atoms with Crippen LogP contribution in [-0.2, 0) is 16.6 Å². The molecule has 1 aliphatic heterocycles. The van der Waals surface area contributed by atoms with Crippen LogP contribution in [0, 0.1) is 5.92 Å². The first-order valence-corrected chi connectivity index (χ1v) is 10.8. The maximum Gasteiger partial charge on any atom is 0.252 e. The highest BCUT2D eigenvalue weighted by atomic mass is 32.2. The molecule has 1 aromatic heterocycles. The molecule has 0 atom stereocenters. The number of aromatic amines is 1. The molecule has 3 rings (SSSR count). The highest BCUT2D eigenvalue weighted by molar-refractivity contribution is 7.89. The summed E-state index contributed by atoms with van der Waals surface area (Å²) in [7, 11) is -3.15. The molecule has 1 fully saturated rings. The van der Waals surface area contributed by atoms with Crippen LogP contribution in [-0.4, -0.2) is 42.6 Å². The Labute approximate surface area is 154 Å². The summed E-state index contributed by atoms with van der Waals surface area (Å²) in [6.45, 7) is 5.42. The molecule has 2 N–H and O–H groups in total. The third-order valence-electron chi connectivity index (χ3n) is 4.80.